The number of hydrogen-bond acceptors (Lipinski definition) is 3. The predicted octanol–water partition coefficient (Wildman–Crippen LogP) is 4.97. The standard InChI is InChI=1S/C25H23NO3/c1-26-21-14-13-20(22(27)15-12-18-8-4-2-5-9-18)17-23(21)29-24(25(26)28)16-19-10-6-3-7-11-19/h2-6,8-10,12-15,17,24H,7,11,16H2,1H3. The fourth-order valence-corrected chi connectivity index (χ4v) is 3.60. The third-order valence-electron chi connectivity index (χ3n) is 5.26. The number of fused-ring (bicyclic) bond motifs is 1. The minimum atomic E-state index is -0.560. The van der Waals surface area contributed by atoms with Crippen molar-refractivity contribution >= 4 is 23.5 Å². The van der Waals surface area contributed by atoms with Crippen molar-refractivity contribution in [2.75, 3.05) is 11.9 Å². The van der Waals surface area contributed by atoms with Crippen LogP contribution in [0.4, 0.5) is 5.69 Å². The number of nitrogens with zero attached hydrogens (tertiary/aromatic N) is 1. The number of anilines is 1. The zero-order chi connectivity index (χ0) is 20.2. The zero-order valence-corrected chi connectivity index (χ0v) is 16.4. The van der Waals surface area contributed by atoms with E-state index in [1.54, 1.807) is 42.3 Å². The van der Waals surface area contributed by atoms with Gasteiger partial charge in [0.1, 0.15) is 5.75 Å². The monoisotopic (exact) mass is 385 g/mol. The molecule has 2 aliphatic rings. The lowest BCUT2D eigenvalue weighted by molar-refractivity contribution is -0.125. The maximum atomic E-state index is 12.7. The number of hydrogen-bond donors (Lipinski definition) is 0. The van der Waals surface area contributed by atoms with Crippen LogP contribution in [0.1, 0.15) is 35.2 Å². The van der Waals surface area contributed by atoms with E-state index >= 15 is 0 Å². The van der Waals surface area contributed by atoms with Gasteiger partial charge in [-0.2, -0.15) is 0 Å². The lowest BCUT2D eigenvalue weighted by Crippen LogP contribution is -2.44. The summed E-state index contributed by atoms with van der Waals surface area (Å²) in [6, 6.07) is 14.9. The molecule has 0 radical (unpaired) electrons. The normalized spacial score (nSPS) is 18.4. The summed E-state index contributed by atoms with van der Waals surface area (Å²) < 4.78 is 6.04. The molecule has 1 heterocycles. The molecule has 0 N–H and O–H groups in total. The number of carbonyl (C=O) groups excluding carboxylic acids is 2. The van der Waals surface area contributed by atoms with Gasteiger partial charge in [-0.05, 0) is 42.7 Å². The lowest BCUT2D eigenvalue weighted by Gasteiger charge is -2.32. The second kappa shape index (κ2) is 8.31. The smallest absolute Gasteiger partial charge is 0.268 e. The van der Waals surface area contributed by atoms with Gasteiger partial charge in [-0.25, -0.2) is 0 Å². The van der Waals surface area contributed by atoms with E-state index in [9.17, 15) is 9.59 Å². The average Bonchev–Trinajstić information content (AvgIpc) is 2.76. The largest absolute Gasteiger partial charge is 0.478 e. The molecule has 1 amide bonds. The number of ketones is 1. The minimum Gasteiger partial charge on any atom is -0.478 e. The summed E-state index contributed by atoms with van der Waals surface area (Å²) in [6.07, 6.45) is 11.5. The SMILES string of the molecule is CN1C(=O)C(CC2=CC=CCC2)Oc2cc(C(=O)C=Cc3ccccc3)ccc21. The summed E-state index contributed by atoms with van der Waals surface area (Å²) in [4.78, 5) is 26.9. The van der Waals surface area contributed by atoms with E-state index in [1.807, 2.05) is 36.4 Å². The van der Waals surface area contributed by atoms with Crippen molar-refractivity contribution in [3.63, 3.8) is 0 Å². The Morgan fingerprint density at radius 3 is 2.79 bits per heavy atom. The van der Waals surface area contributed by atoms with Gasteiger partial charge in [-0.3, -0.25) is 9.59 Å². The first kappa shape index (κ1) is 18.9. The Morgan fingerprint density at radius 1 is 1.21 bits per heavy atom. The Morgan fingerprint density at radius 2 is 2.03 bits per heavy atom. The van der Waals surface area contributed by atoms with Crippen LogP contribution in [0.15, 0.2) is 78.4 Å². The van der Waals surface area contributed by atoms with Crippen molar-refractivity contribution in [1.82, 2.24) is 0 Å². The molecule has 146 valence electrons. The second-order valence-electron chi connectivity index (χ2n) is 7.29. The number of benzene rings is 2. The Kier molecular flexibility index (Phi) is 5.43. The lowest BCUT2D eigenvalue weighted by atomic mass is 9.97. The fraction of sp³-hybridized carbons (Fsp3) is 0.200. The molecule has 1 aliphatic heterocycles. The molecule has 0 fully saturated rings. The van der Waals surface area contributed by atoms with Gasteiger partial charge in [0.2, 0.25) is 0 Å². The van der Waals surface area contributed by atoms with E-state index in [1.165, 1.54) is 5.57 Å². The Labute approximate surface area is 170 Å². The van der Waals surface area contributed by atoms with Gasteiger partial charge in [0.15, 0.2) is 11.9 Å². The molecular weight excluding hydrogens is 362 g/mol. The maximum absolute atomic E-state index is 12.7. The van der Waals surface area contributed by atoms with Crippen LogP contribution in [-0.2, 0) is 4.79 Å². The summed E-state index contributed by atoms with van der Waals surface area (Å²) in [5, 5.41) is 0. The first-order valence-corrected chi connectivity index (χ1v) is 9.82. The number of carbonyl (C=O) groups is 2. The highest BCUT2D eigenvalue weighted by molar-refractivity contribution is 6.08. The molecular formula is C25H23NO3. The molecule has 29 heavy (non-hydrogen) atoms. The molecule has 0 saturated heterocycles. The molecule has 4 nitrogen and oxygen atoms in total. The highest BCUT2D eigenvalue weighted by Crippen LogP contribution is 2.36. The molecule has 0 bridgehead atoms. The second-order valence-corrected chi connectivity index (χ2v) is 7.29. The average molecular weight is 385 g/mol. The molecule has 0 aromatic heterocycles. The molecule has 1 unspecified atom stereocenters. The molecule has 2 aromatic carbocycles. The molecule has 0 saturated carbocycles. The number of ether oxygens (including phenoxy) is 1. The third-order valence-corrected chi connectivity index (χ3v) is 5.26. The van der Waals surface area contributed by atoms with Crippen molar-refractivity contribution in [3.8, 4) is 5.75 Å². The van der Waals surface area contributed by atoms with E-state index in [2.05, 4.69) is 12.2 Å². The van der Waals surface area contributed by atoms with Gasteiger partial charge >= 0.3 is 0 Å². The number of rotatable bonds is 5. The highest BCUT2D eigenvalue weighted by Gasteiger charge is 2.33. The van der Waals surface area contributed by atoms with Crippen molar-refractivity contribution in [3.05, 3.63) is 89.5 Å². The summed E-state index contributed by atoms with van der Waals surface area (Å²) in [6.45, 7) is 0. The van der Waals surface area contributed by atoms with Gasteiger partial charge in [0.05, 0.1) is 5.69 Å². The van der Waals surface area contributed by atoms with E-state index in [4.69, 9.17) is 4.74 Å². The highest BCUT2D eigenvalue weighted by atomic mass is 16.5. The Balaban J connectivity index is 1.54. The molecule has 1 atom stereocenters. The van der Waals surface area contributed by atoms with Crippen LogP contribution in [-0.4, -0.2) is 24.8 Å². The van der Waals surface area contributed by atoms with E-state index in [0.717, 1.165) is 18.4 Å². The van der Waals surface area contributed by atoms with Gasteiger partial charge in [-0.1, -0.05) is 60.2 Å². The Bertz CT molecular complexity index is 1020. The van der Waals surface area contributed by atoms with Gasteiger partial charge in [-0.15, -0.1) is 0 Å². The first-order chi connectivity index (χ1) is 14.1. The van der Waals surface area contributed by atoms with Crippen LogP contribution in [0.3, 0.4) is 0 Å². The van der Waals surface area contributed by atoms with Crippen molar-refractivity contribution in [2.45, 2.75) is 25.4 Å². The summed E-state index contributed by atoms with van der Waals surface area (Å²) >= 11 is 0. The fourth-order valence-electron chi connectivity index (χ4n) is 3.60. The molecule has 4 heteroatoms. The summed E-state index contributed by atoms with van der Waals surface area (Å²) in [5.74, 6) is 0.412. The van der Waals surface area contributed by atoms with Crippen LogP contribution in [0.5, 0.6) is 5.75 Å². The molecule has 4 rings (SSSR count). The Hall–Kier alpha value is -3.40. The number of amides is 1. The van der Waals surface area contributed by atoms with Crippen LogP contribution >= 0.6 is 0 Å². The maximum Gasteiger partial charge on any atom is 0.268 e. The zero-order valence-electron chi connectivity index (χ0n) is 16.4. The van der Waals surface area contributed by atoms with E-state index in [0.29, 0.717) is 23.4 Å². The first-order valence-electron chi connectivity index (χ1n) is 9.82. The topological polar surface area (TPSA) is 46.6 Å². The van der Waals surface area contributed by atoms with Crippen molar-refractivity contribution in [2.24, 2.45) is 0 Å². The van der Waals surface area contributed by atoms with Gasteiger partial charge in [0.25, 0.3) is 5.91 Å². The summed E-state index contributed by atoms with van der Waals surface area (Å²) in [5.41, 5.74) is 3.40. The van der Waals surface area contributed by atoms with Crippen LogP contribution in [0.2, 0.25) is 0 Å². The summed E-state index contributed by atoms with van der Waals surface area (Å²) in [7, 11) is 1.75. The van der Waals surface area contributed by atoms with Crippen molar-refractivity contribution in [1.29, 1.82) is 0 Å². The van der Waals surface area contributed by atoms with Gasteiger partial charge in [0, 0.05) is 19.0 Å². The third kappa shape index (κ3) is 4.21. The minimum absolute atomic E-state index is 0.0593. The molecule has 1 aliphatic carbocycles. The van der Waals surface area contributed by atoms with Crippen molar-refractivity contribution < 1.29 is 14.3 Å². The van der Waals surface area contributed by atoms with Gasteiger partial charge < -0.3 is 9.64 Å². The van der Waals surface area contributed by atoms with Crippen LogP contribution in [0, 0.1) is 0 Å². The molecule has 0 spiro atoms. The van der Waals surface area contributed by atoms with Crippen LogP contribution < -0.4 is 9.64 Å². The number of allylic oxidation sites excluding steroid dienone is 4. The number of likely N-dealkylation sites (N-methyl/N-ethyl adjacent to an activating group) is 1. The van der Waals surface area contributed by atoms with E-state index < -0.39 is 6.10 Å². The van der Waals surface area contributed by atoms with Crippen LogP contribution in [0.25, 0.3) is 6.08 Å². The van der Waals surface area contributed by atoms with E-state index in [-0.39, 0.29) is 11.7 Å². The molecule has 2 aromatic rings. The quantitative estimate of drug-likeness (QED) is 0.539. The predicted molar refractivity (Wildman–Crippen MR) is 115 cm³/mol.